The molecule has 1 fully saturated rings. The summed E-state index contributed by atoms with van der Waals surface area (Å²) in [7, 11) is 6.14. The number of hydrogen-bond acceptors (Lipinski definition) is 10. The average molecular weight is 491 g/mol. The Morgan fingerprint density at radius 2 is 1.49 bits per heavy atom. The highest BCUT2D eigenvalue weighted by molar-refractivity contribution is 5.66. The van der Waals surface area contributed by atoms with E-state index in [9.17, 15) is 9.90 Å². The summed E-state index contributed by atoms with van der Waals surface area (Å²) in [5.41, 5.74) is 1.47. The molecule has 1 saturated heterocycles. The zero-order valence-electron chi connectivity index (χ0n) is 20.4. The molecule has 0 bridgehead atoms. The second-order valence-corrected chi connectivity index (χ2v) is 8.21. The molecule has 2 aliphatic heterocycles. The van der Waals surface area contributed by atoms with E-state index in [1.54, 1.807) is 19.2 Å². The predicted octanol–water partition coefficient (Wildman–Crippen LogP) is 3.05. The molecule has 4 atom stereocenters. The van der Waals surface area contributed by atoms with Gasteiger partial charge in [0.15, 0.2) is 23.0 Å². The molecule has 10 heteroatoms. The summed E-state index contributed by atoms with van der Waals surface area (Å²) < 4.78 is 45.0. The molecule has 0 amide bonds. The fourth-order valence-electron chi connectivity index (χ4n) is 4.70. The van der Waals surface area contributed by atoms with Crippen molar-refractivity contribution in [1.82, 2.24) is 0 Å². The highest BCUT2D eigenvalue weighted by atomic mass is 16.7. The third kappa shape index (κ3) is 4.63. The first-order valence-electron chi connectivity index (χ1n) is 11.1. The van der Waals surface area contributed by atoms with Crippen LogP contribution in [0, 0.1) is 11.8 Å². The molecular weight excluding hydrogens is 460 g/mol. The number of hydrogen-bond donors (Lipinski definition) is 1. The van der Waals surface area contributed by atoms with Crippen LogP contribution in [0.15, 0.2) is 24.3 Å². The number of aliphatic hydroxyl groups is 1. The van der Waals surface area contributed by atoms with Crippen molar-refractivity contribution >= 4 is 5.97 Å². The van der Waals surface area contributed by atoms with Gasteiger partial charge in [-0.15, -0.1) is 0 Å². The molecule has 2 aromatic rings. The normalized spacial score (nSPS) is 22.6. The van der Waals surface area contributed by atoms with Crippen LogP contribution in [0.5, 0.6) is 34.5 Å². The first kappa shape index (κ1) is 24.7. The molecule has 1 N–H and O–H groups in total. The molecule has 0 spiro atoms. The number of carbonyl (C=O) groups excluding carboxylic acids is 1. The van der Waals surface area contributed by atoms with E-state index in [0.29, 0.717) is 34.5 Å². The molecule has 0 radical (unpaired) electrons. The third-order valence-corrected chi connectivity index (χ3v) is 6.34. The lowest BCUT2D eigenvalue weighted by atomic mass is 9.83. The van der Waals surface area contributed by atoms with Gasteiger partial charge in [-0.1, -0.05) is 0 Å². The van der Waals surface area contributed by atoms with Gasteiger partial charge in [0, 0.05) is 25.4 Å². The van der Waals surface area contributed by atoms with Crippen molar-refractivity contribution in [2.24, 2.45) is 11.8 Å². The van der Waals surface area contributed by atoms with E-state index >= 15 is 0 Å². The lowest BCUT2D eigenvalue weighted by molar-refractivity contribution is -0.143. The maximum absolute atomic E-state index is 11.7. The Balaban J connectivity index is 1.78. The Morgan fingerprint density at radius 3 is 2.06 bits per heavy atom. The lowest BCUT2D eigenvalue weighted by Crippen LogP contribution is -2.25. The number of fused-ring (bicyclic) bond motifs is 1. The van der Waals surface area contributed by atoms with Gasteiger partial charge in [-0.25, -0.2) is 0 Å². The fourth-order valence-corrected chi connectivity index (χ4v) is 4.70. The molecule has 2 aromatic carbocycles. The van der Waals surface area contributed by atoms with Crippen LogP contribution in [0.2, 0.25) is 0 Å². The molecule has 0 aromatic heterocycles. The number of aliphatic hydroxyl groups excluding tert-OH is 1. The zero-order valence-corrected chi connectivity index (χ0v) is 20.4. The molecule has 0 unspecified atom stereocenters. The quantitative estimate of drug-likeness (QED) is 0.527. The second kappa shape index (κ2) is 10.5. The van der Waals surface area contributed by atoms with E-state index in [-0.39, 0.29) is 25.9 Å². The Hall–Kier alpha value is -3.37. The summed E-state index contributed by atoms with van der Waals surface area (Å²) >= 11 is 0. The van der Waals surface area contributed by atoms with Crippen molar-refractivity contribution in [3.63, 3.8) is 0 Å². The van der Waals surface area contributed by atoms with Gasteiger partial charge in [0.1, 0.15) is 0 Å². The average Bonchev–Trinajstić information content (AvgIpc) is 3.50. The summed E-state index contributed by atoms with van der Waals surface area (Å²) in [5, 5.41) is 10.4. The molecule has 10 nitrogen and oxygen atoms in total. The van der Waals surface area contributed by atoms with E-state index in [4.69, 9.17) is 37.9 Å². The SMILES string of the molecule is COc1cc([C@@H]2O[C@H](c3cc(OC)c4c(c3)OCO4)[C@@H](COC(C)=O)[C@@H]2CO)cc(OC)c1OC. The largest absolute Gasteiger partial charge is 0.493 e. The molecule has 0 saturated carbocycles. The van der Waals surface area contributed by atoms with Crippen molar-refractivity contribution in [1.29, 1.82) is 0 Å². The summed E-state index contributed by atoms with van der Waals surface area (Å²) in [6.07, 6.45) is -1.10. The van der Waals surface area contributed by atoms with Crippen molar-refractivity contribution in [2.45, 2.75) is 19.1 Å². The maximum atomic E-state index is 11.7. The standard InChI is InChI=1S/C25H30O10/c1-13(27)32-11-17-16(10-26)22(14-6-18(28-2)24(31-5)19(7-14)29-3)35-23(17)15-8-20(30-4)25-21(9-15)33-12-34-25/h6-9,16-17,22-23,26H,10-12H2,1-5H3/t16-,17-,22-,23+/m0/s1. The fraction of sp³-hybridized carbons (Fsp3) is 0.480. The van der Waals surface area contributed by atoms with Gasteiger partial charge in [-0.2, -0.15) is 0 Å². The Labute approximate surface area is 203 Å². The first-order chi connectivity index (χ1) is 16.9. The van der Waals surface area contributed by atoms with Crippen LogP contribution in [0.3, 0.4) is 0 Å². The van der Waals surface area contributed by atoms with Gasteiger partial charge in [0.2, 0.25) is 18.3 Å². The zero-order chi connectivity index (χ0) is 25.1. The number of rotatable bonds is 9. The predicted molar refractivity (Wildman–Crippen MR) is 122 cm³/mol. The molecule has 4 rings (SSSR count). The highest BCUT2D eigenvalue weighted by Gasteiger charge is 2.47. The maximum Gasteiger partial charge on any atom is 0.302 e. The molecule has 2 heterocycles. The van der Waals surface area contributed by atoms with Crippen molar-refractivity contribution < 1.29 is 47.8 Å². The van der Waals surface area contributed by atoms with Gasteiger partial charge in [0.05, 0.1) is 47.3 Å². The minimum Gasteiger partial charge on any atom is -0.493 e. The van der Waals surface area contributed by atoms with Crippen molar-refractivity contribution in [3.8, 4) is 34.5 Å². The van der Waals surface area contributed by atoms with Gasteiger partial charge in [0.25, 0.3) is 0 Å². The van der Waals surface area contributed by atoms with Gasteiger partial charge >= 0.3 is 5.97 Å². The number of methoxy groups -OCH3 is 4. The number of esters is 1. The number of benzene rings is 2. The summed E-state index contributed by atoms with van der Waals surface area (Å²) in [6.45, 7) is 1.29. The third-order valence-electron chi connectivity index (χ3n) is 6.34. The van der Waals surface area contributed by atoms with Gasteiger partial charge in [-0.05, 0) is 35.4 Å². The monoisotopic (exact) mass is 490 g/mol. The Kier molecular flexibility index (Phi) is 7.42. The van der Waals surface area contributed by atoms with E-state index in [2.05, 4.69) is 0 Å². The van der Waals surface area contributed by atoms with Gasteiger partial charge in [-0.3, -0.25) is 4.79 Å². The van der Waals surface area contributed by atoms with Crippen LogP contribution in [-0.4, -0.2) is 59.5 Å². The van der Waals surface area contributed by atoms with Crippen molar-refractivity contribution in [3.05, 3.63) is 35.4 Å². The molecule has 35 heavy (non-hydrogen) atoms. The Bertz CT molecular complexity index is 1040. The topological polar surface area (TPSA) is 111 Å². The summed E-state index contributed by atoms with van der Waals surface area (Å²) in [5.74, 6) is 1.75. The van der Waals surface area contributed by atoms with Crippen molar-refractivity contribution in [2.75, 3.05) is 48.4 Å². The second-order valence-electron chi connectivity index (χ2n) is 8.21. The van der Waals surface area contributed by atoms with E-state index in [0.717, 1.165) is 11.1 Å². The van der Waals surface area contributed by atoms with Gasteiger partial charge < -0.3 is 43.0 Å². The first-order valence-corrected chi connectivity index (χ1v) is 11.1. The lowest BCUT2D eigenvalue weighted by Gasteiger charge is -2.23. The van der Waals surface area contributed by atoms with Crippen LogP contribution in [-0.2, 0) is 14.3 Å². The minimum absolute atomic E-state index is 0.0584. The molecule has 0 aliphatic carbocycles. The highest BCUT2D eigenvalue weighted by Crippen LogP contribution is 2.54. The Morgan fingerprint density at radius 1 is 0.886 bits per heavy atom. The molecule has 2 aliphatic rings. The smallest absolute Gasteiger partial charge is 0.302 e. The molecule has 190 valence electrons. The van der Waals surface area contributed by atoms with E-state index < -0.39 is 24.1 Å². The number of ether oxygens (including phenoxy) is 8. The minimum atomic E-state index is -0.560. The number of carbonyl (C=O) groups is 1. The van der Waals surface area contributed by atoms with E-state index in [1.165, 1.54) is 28.3 Å². The van der Waals surface area contributed by atoms with Crippen LogP contribution < -0.4 is 28.4 Å². The van der Waals surface area contributed by atoms with Crippen LogP contribution in [0.1, 0.15) is 30.3 Å². The van der Waals surface area contributed by atoms with Crippen LogP contribution in [0.25, 0.3) is 0 Å². The van der Waals surface area contributed by atoms with Crippen LogP contribution in [0.4, 0.5) is 0 Å². The summed E-state index contributed by atoms with van der Waals surface area (Å²) in [6, 6.07) is 7.22. The molecular formula is C25H30O10. The summed E-state index contributed by atoms with van der Waals surface area (Å²) in [4.78, 5) is 11.7. The van der Waals surface area contributed by atoms with E-state index in [1.807, 2.05) is 12.1 Å². The van der Waals surface area contributed by atoms with Crippen LogP contribution >= 0.6 is 0 Å².